The summed E-state index contributed by atoms with van der Waals surface area (Å²) in [6.45, 7) is 4.85. The largest absolute Gasteiger partial charge is 0.391 e. The van der Waals surface area contributed by atoms with Crippen LogP contribution >= 0.6 is 0 Å². The maximum Gasteiger partial charge on any atom is 0.253 e. The molecule has 0 unspecified atom stereocenters. The summed E-state index contributed by atoms with van der Waals surface area (Å²) >= 11 is 0. The Morgan fingerprint density at radius 3 is 2.63 bits per heavy atom. The van der Waals surface area contributed by atoms with Crippen LogP contribution in [0.5, 0.6) is 0 Å². The van der Waals surface area contributed by atoms with E-state index in [4.69, 9.17) is 9.97 Å². The number of pyridine rings is 4. The molecule has 0 bridgehead atoms. The van der Waals surface area contributed by atoms with E-state index in [1.165, 1.54) is 18.5 Å². The lowest BCUT2D eigenvalue weighted by Crippen LogP contribution is -2.38. The Bertz CT molecular complexity index is 1640. The van der Waals surface area contributed by atoms with Crippen LogP contribution in [0.4, 0.5) is 5.82 Å². The molecule has 2 N–H and O–H groups in total. The van der Waals surface area contributed by atoms with Crippen LogP contribution in [0.1, 0.15) is 36.3 Å². The van der Waals surface area contributed by atoms with Gasteiger partial charge >= 0.3 is 0 Å². The normalized spacial score (nSPS) is 17.1. The van der Waals surface area contributed by atoms with Crippen LogP contribution in [-0.4, -0.2) is 63.8 Å². The number of nitrogens with zero attached hydrogens (tertiary/aromatic N) is 5. The summed E-state index contributed by atoms with van der Waals surface area (Å²) in [6.07, 6.45) is 5.57. The van der Waals surface area contributed by atoms with Gasteiger partial charge in [0.05, 0.1) is 45.7 Å². The first kappa shape index (κ1) is 25.7. The molecular formula is C27H28N6O4S. The third-order valence-electron chi connectivity index (χ3n) is 6.60. The molecule has 1 atom stereocenters. The molecule has 38 heavy (non-hydrogen) atoms. The highest BCUT2D eigenvalue weighted by Crippen LogP contribution is 2.33. The molecule has 4 aromatic heterocycles. The Balaban J connectivity index is 1.36. The Hall–Kier alpha value is -3.96. The fourth-order valence-electron chi connectivity index (χ4n) is 4.65. The maximum atomic E-state index is 12.6. The van der Waals surface area contributed by atoms with E-state index in [1.807, 2.05) is 30.3 Å². The van der Waals surface area contributed by atoms with Crippen molar-refractivity contribution in [2.24, 2.45) is 0 Å². The maximum absolute atomic E-state index is 12.6. The third kappa shape index (κ3) is 5.34. The minimum atomic E-state index is -3.48. The van der Waals surface area contributed by atoms with Gasteiger partial charge in [-0.05, 0) is 56.7 Å². The molecule has 1 saturated heterocycles. The van der Waals surface area contributed by atoms with E-state index in [0.717, 1.165) is 17.5 Å². The van der Waals surface area contributed by atoms with Gasteiger partial charge in [-0.15, -0.1) is 0 Å². The number of rotatable bonds is 6. The molecule has 0 spiro atoms. The molecule has 11 heteroatoms. The SMILES string of the molecule is CC1(C)C[C@@H](O)CN1c1cccc(-c2ccc3cnc(CNC(=O)c4cncc(S(C)(=O)=O)c4)cc3n2)n1. The molecule has 0 aromatic carbocycles. The summed E-state index contributed by atoms with van der Waals surface area (Å²) in [7, 11) is -3.48. The van der Waals surface area contributed by atoms with Gasteiger partial charge in [0.1, 0.15) is 5.82 Å². The van der Waals surface area contributed by atoms with E-state index in [2.05, 4.69) is 34.0 Å². The molecule has 196 valence electrons. The summed E-state index contributed by atoms with van der Waals surface area (Å²) < 4.78 is 23.5. The highest BCUT2D eigenvalue weighted by molar-refractivity contribution is 7.90. The second-order valence-corrected chi connectivity index (χ2v) is 12.1. The summed E-state index contributed by atoms with van der Waals surface area (Å²) in [4.78, 5) is 32.6. The molecule has 1 aliphatic rings. The van der Waals surface area contributed by atoms with Gasteiger partial charge in [0.25, 0.3) is 5.91 Å². The molecule has 0 saturated carbocycles. The van der Waals surface area contributed by atoms with Gasteiger partial charge in [-0.2, -0.15) is 0 Å². The standard InChI is InChI=1S/C27H28N6O4S/c1-27(2)11-20(34)16-33(27)25-6-4-5-22(32-25)23-8-7-17-13-29-19(10-24(17)31-23)14-30-26(35)18-9-21(15-28-12-18)38(3,36)37/h4-10,12-13,15,20,34H,11,14,16H2,1-3H3,(H,30,35)/t20-/m1/s1. The van der Waals surface area contributed by atoms with Crippen molar-refractivity contribution in [3.63, 3.8) is 0 Å². The van der Waals surface area contributed by atoms with Gasteiger partial charge in [-0.25, -0.2) is 18.4 Å². The second-order valence-electron chi connectivity index (χ2n) is 10.1. The van der Waals surface area contributed by atoms with Crippen molar-refractivity contribution in [1.29, 1.82) is 0 Å². The Morgan fingerprint density at radius 2 is 1.89 bits per heavy atom. The number of sulfone groups is 1. The topological polar surface area (TPSA) is 138 Å². The zero-order chi connectivity index (χ0) is 27.1. The molecule has 0 radical (unpaired) electrons. The molecule has 1 amide bonds. The van der Waals surface area contributed by atoms with E-state index in [-0.39, 0.29) is 28.6 Å². The number of hydrogen-bond acceptors (Lipinski definition) is 9. The quantitative estimate of drug-likeness (QED) is 0.384. The van der Waals surface area contributed by atoms with E-state index in [9.17, 15) is 18.3 Å². The van der Waals surface area contributed by atoms with Gasteiger partial charge in [0.15, 0.2) is 9.84 Å². The lowest BCUT2D eigenvalue weighted by atomic mass is 10.0. The predicted octanol–water partition coefficient (Wildman–Crippen LogP) is 2.77. The van der Waals surface area contributed by atoms with Crippen LogP contribution in [0.2, 0.25) is 0 Å². The first-order valence-electron chi connectivity index (χ1n) is 12.1. The molecule has 1 fully saturated rings. The molecule has 5 heterocycles. The lowest BCUT2D eigenvalue weighted by molar-refractivity contribution is 0.0949. The van der Waals surface area contributed by atoms with Gasteiger partial charge in [-0.3, -0.25) is 14.8 Å². The van der Waals surface area contributed by atoms with Gasteiger partial charge in [-0.1, -0.05) is 6.07 Å². The molecule has 1 aliphatic heterocycles. The Labute approximate surface area is 220 Å². The zero-order valence-electron chi connectivity index (χ0n) is 21.3. The second kappa shape index (κ2) is 9.73. The summed E-state index contributed by atoms with van der Waals surface area (Å²) in [5.74, 6) is 0.334. The highest BCUT2D eigenvalue weighted by Gasteiger charge is 2.38. The highest BCUT2D eigenvalue weighted by atomic mass is 32.2. The number of amides is 1. The van der Waals surface area contributed by atoms with E-state index < -0.39 is 15.7 Å². The predicted molar refractivity (Wildman–Crippen MR) is 143 cm³/mol. The molecular weight excluding hydrogens is 504 g/mol. The smallest absolute Gasteiger partial charge is 0.253 e. The number of carbonyl (C=O) groups excluding carboxylic acids is 1. The number of aromatic nitrogens is 4. The lowest BCUT2D eigenvalue weighted by Gasteiger charge is -2.32. The minimum Gasteiger partial charge on any atom is -0.391 e. The molecule has 10 nitrogen and oxygen atoms in total. The van der Waals surface area contributed by atoms with Crippen molar-refractivity contribution < 1.29 is 18.3 Å². The number of hydrogen-bond donors (Lipinski definition) is 2. The Morgan fingerprint density at radius 1 is 1.11 bits per heavy atom. The average Bonchev–Trinajstić information content (AvgIpc) is 3.18. The van der Waals surface area contributed by atoms with Crippen molar-refractivity contribution in [1.82, 2.24) is 25.3 Å². The van der Waals surface area contributed by atoms with Crippen molar-refractivity contribution in [2.75, 3.05) is 17.7 Å². The minimum absolute atomic E-state index is 0.0205. The van der Waals surface area contributed by atoms with Gasteiger partial charge < -0.3 is 15.3 Å². The number of aliphatic hydroxyl groups is 1. The first-order valence-corrected chi connectivity index (χ1v) is 14.0. The van der Waals surface area contributed by atoms with Crippen LogP contribution in [0.15, 0.2) is 66.0 Å². The zero-order valence-corrected chi connectivity index (χ0v) is 22.1. The average molecular weight is 533 g/mol. The summed E-state index contributed by atoms with van der Waals surface area (Å²) in [6, 6.07) is 12.7. The van der Waals surface area contributed by atoms with Crippen LogP contribution in [-0.2, 0) is 16.4 Å². The number of anilines is 1. The number of aliphatic hydroxyl groups excluding tert-OH is 1. The van der Waals surface area contributed by atoms with Gasteiger partial charge in [0, 0.05) is 42.3 Å². The number of fused-ring (bicyclic) bond motifs is 1. The molecule has 4 aromatic rings. The van der Waals surface area contributed by atoms with Crippen LogP contribution in [0.3, 0.4) is 0 Å². The van der Waals surface area contributed by atoms with Crippen molar-refractivity contribution >= 4 is 32.5 Å². The summed E-state index contributed by atoms with van der Waals surface area (Å²) in [5, 5.41) is 13.8. The number of nitrogens with one attached hydrogen (secondary N) is 1. The van der Waals surface area contributed by atoms with Crippen molar-refractivity contribution in [3.05, 3.63) is 72.3 Å². The van der Waals surface area contributed by atoms with Gasteiger partial charge in [0.2, 0.25) is 0 Å². The monoisotopic (exact) mass is 532 g/mol. The summed E-state index contributed by atoms with van der Waals surface area (Å²) in [5.41, 5.74) is 2.65. The van der Waals surface area contributed by atoms with E-state index in [1.54, 1.807) is 12.3 Å². The fourth-order valence-corrected chi connectivity index (χ4v) is 5.24. The Kier molecular flexibility index (Phi) is 6.58. The van der Waals surface area contributed by atoms with Crippen LogP contribution in [0.25, 0.3) is 22.3 Å². The molecule has 0 aliphatic carbocycles. The van der Waals surface area contributed by atoms with E-state index >= 15 is 0 Å². The molecule has 5 rings (SSSR count). The van der Waals surface area contributed by atoms with E-state index in [0.29, 0.717) is 35.6 Å². The first-order chi connectivity index (χ1) is 18.0. The number of carbonyl (C=O) groups is 1. The van der Waals surface area contributed by atoms with Crippen molar-refractivity contribution in [3.8, 4) is 11.4 Å². The van der Waals surface area contributed by atoms with Crippen LogP contribution < -0.4 is 10.2 Å². The third-order valence-corrected chi connectivity index (χ3v) is 7.68. The van der Waals surface area contributed by atoms with Crippen molar-refractivity contribution in [2.45, 2.75) is 43.4 Å². The van der Waals surface area contributed by atoms with Crippen LogP contribution in [0, 0.1) is 0 Å². The number of β-amino-alcohol motifs (C(OH)–C–C–N with tert-alkyl or cyclic N) is 1. The fraction of sp³-hybridized carbons (Fsp3) is 0.296.